The van der Waals surface area contributed by atoms with Crippen molar-refractivity contribution in [1.29, 1.82) is 0 Å². The molecule has 1 aliphatic rings. The van der Waals surface area contributed by atoms with Crippen molar-refractivity contribution in [3.63, 3.8) is 0 Å². The van der Waals surface area contributed by atoms with E-state index in [0.717, 1.165) is 23.1 Å². The third kappa shape index (κ3) is 4.61. The van der Waals surface area contributed by atoms with Crippen LogP contribution in [-0.4, -0.2) is 61.0 Å². The zero-order valence-corrected chi connectivity index (χ0v) is 18.0. The summed E-state index contributed by atoms with van der Waals surface area (Å²) in [6.45, 7) is 6.62. The minimum Gasteiger partial charge on any atom is -0.487 e. The van der Waals surface area contributed by atoms with Gasteiger partial charge in [-0.1, -0.05) is 36.9 Å². The molecule has 2 aromatic carbocycles. The van der Waals surface area contributed by atoms with Crippen LogP contribution in [0.5, 0.6) is 17.2 Å². The lowest BCUT2D eigenvalue weighted by Crippen LogP contribution is -2.13. The van der Waals surface area contributed by atoms with E-state index in [9.17, 15) is 0 Å². The maximum absolute atomic E-state index is 6.19. The minimum absolute atomic E-state index is 0.375. The highest BCUT2D eigenvalue weighted by atomic mass is 16.6. The van der Waals surface area contributed by atoms with Gasteiger partial charge in [-0.2, -0.15) is 0 Å². The van der Waals surface area contributed by atoms with Crippen molar-refractivity contribution >= 4 is 6.08 Å². The average molecular weight is 414 g/mol. The molecule has 0 aliphatic heterocycles. The van der Waals surface area contributed by atoms with Gasteiger partial charge < -0.3 is 28.4 Å². The molecule has 0 atom stereocenters. The molecular formula is C24H30O6. The first-order valence-electron chi connectivity index (χ1n) is 10.1. The first-order valence-corrected chi connectivity index (χ1v) is 10.1. The molecule has 0 unspecified atom stereocenters. The van der Waals surface area contributed by atoms with Gasteiger partial charge in [0.05, 0.1) is 19.8 Å². The fourth-order valence-corrected chi connectivity index (χ4v) is 3.64. The predicted molar refractivity (Wildman–Crippen MR) is 117 cm³/mol. The van der Waals surface area contributed by atoms with Crippen molar-refractivity contribution in [2.24, 2.45) is 0 Å². The molecule has 0 saturated carbocycles. The Morgan fingerprint density at radius 1 is 0.767 bits per heavy atom. The topological polar surface area (TPSA) is 55.4 Å². The normalized spacial score (nSPS) is 11.7. The van der Waals surface area contributed by atoms with Gasteiger partial charge in [-0.3, -0.25) is 0 Å². The van der Waals surface area contributed by atoms with Crippen LogP contribution in [0.25, 0.3) is 17.2 Å². The van der Waals surface area contributed by atoms with E-state index in [4.69, 9.17) is 28.4 Å². The largest absolute Gasteiger partial charge is 0.487 e. The van der Waals surface area contributed by atoms with Crippen molar-refractivity contribution in [1.82, 2.24) is 0 Å². The lowest BCUT2D eigenvalue weighted by Gasteiger charge is -2.23. The lowest BCUT2D eigenvalue weighted by atomic mass is 9.96. The molecule has 162 valence electrons. The number of rotatable bonds is 13. The summed E-state index contributed by atoms with van der Waals surface area (Å²) in [6.07, 6.45) is 2.58. The maximum atomic E-state index is 6.19. The fourth-order valence-electron chi connectivity index (χ4n) is 3.64. The Bertz CT molecular complexity index is 861. The van der Waals surface area contributed by atoms with E-state index in [2.05, 4.69) is 24.8 Å². The van der Waals surface area contributed by atoms with Gasteiger partial charge in [0.2, 0.25) is 5.75 Å². The Kier molecular flexibility index (Phi) is 8.13. The van der Waals surface area contributed by atoms with Crippen LogP contribution >= 0.6 is 0 Å². The molecule has 30 heavy (non-hydrogen) atoms. The van der Waals surface area contributed by atoms with Crippen molar-refractivity contribution in [2.45, 2.75) is 6.42 Å². The standard InChI is InChI=1S/C24H30O6/c1-5-18-21-19-9-7-6-8-17(19)16-20(21)23(29-14-11-26-3)24(30-15-12-27-4)22(18)28-13-10-25-2/h5-9H,1,10-16H2,2-4H3. The Balaban J connectivity index is 2.16. The number of hydrogen-bond donors (Lipinski definition) is 0. The second-order valence-corrected chi connectivity index (χ2v) is 6.82. The molecule has 0 heterocycles. The minimum atomic E-state index is 0.375. The molecular weight excluding hydrogens is 384 g/mol. The van der Waals surface area contributed by atoms with Crippen LogP contribution < -0.4 is 14.2 Å². The average Bonchev–Trinajstić information content (AvgIpc) is 3.15. The third-order valence-corrected chi connectivity index (χ3v) is 4.96. The van der Waals surface area contributed by atoms with Crippen LogP contribution in [0.1, 0.15) is 16.7 Å². The van der Waals surface area contributed by atoms with Gasteiger partial charge in [0.1, 0.15) is 19.8 Å². The van der Waals surface area contributed by atoms with Crippen LogP contribution in [0, 0.1) is 0 Å². The van der Waals surface area contributed by atoms with E-state index in [0.29, 0.717) is 56.9 Å². The van der Waals surface area contributed by atoms with Crippen molar-refractivity contribution < 1.29 is 28.4 Å². The van der Waals surface area contributed by atoms with Gasteiger partial charge in [-0.25, -0.2) is 0 Å². The van der Waals surface area contributed by atoms with E-state index in [1.807, 2.05) is 12.1 Å². The SMILES string of the molecule is C=Cc1c(OCCOC)c(OCCOC)c(OCCOC)c2c1-c1ccccc1C2. The Morgan fingerprint density at radius 3 is 1.93 bits per heavy atom. The van der Waals surface area contributed by atoms with Crippen molar-refractivity contribution in [3.8, 4) is 28.4 Å². The van der Waals surface area contributed by atoms with E-state index in [1.54, 1.807) is 21.3 Å². The monoisotopic (exact) mass is 414 g/mol. The van der Waals surface area contributed by atoms with E-state index in [1.165, 1.54) is 11.1 Å². The quantitative estimate of drug-likeness (QED) is 0.395. The molecule has 0 fully saturated rings. The molecule has 0 aromatic heterocycles. The highest BCUT2D eigenvalue weighted by Crippen LogP contribution is 2.53. The number of methoxy groups -OCH3 is 3. The van der Waals surface area contributed by atoms with Crippen LogP contribution in [-0.2, 0) is 20.6 Å². The van der Waals surface area contributed by atoms with E-state index in [-0.39, 0.29) is 0 Å². The van der Waals surface area contributed by atoms with Crippen LogP contribution in [0.2, 0.25) is 0 Å². The summed E-state index contributed by atoms with van der Waals surface area (Å²) < 4.78 is 34.0. The molecule has 0 N–H and O–H groups in total. The maximum Gasteiger partial charge on any atom is 0.204 e. The summed E-state index contributed by atoms with van der Waals surface area (Å²) in [5.41, 5.74) is 5.47. The number of fused-ring (bicyclic) bond motifs is 3. The second-order valence-electron chi connectivity index (χ2n) is 6.82. The van der Waals surface area contributed by atoms with Gasteiger partial charge in [-0.05, 0) is 11.1 Å². The first-order chi connectivity index (χ1) is 14.8. The van der Waals surface area contributed by atoms with Crippen molar-refractivity contribution in [2.75, 3.05) is 61.0 Å². The second kappa shape index (κ2) is 11.0. The fraction of sp³-hybridized carbons (Fsp3) is 0.417. The summed E-state index contributed by atoms with van der Waals surface area (Å²) in [7, 11) is 4.94. The summed E-state index contributed by atoms with van der Waals surface area (Å²) in [5.74, 6) is 1.87. The first kappa shape index (κ1) is 22.2. The van der Waals surface area contributed by atoms with E-state index < -0.39 is 0 Å². The highest BCUT2D eigenvalue weighted by Gasteiger charge is 2.32. The molecule has 1 aliphatic carbocycles. The van der Waals surface area contributed by atoms with Crippen LogP contribution in [0.3, 0.4) is 0 Å². The summed E-state index contributed by atoms with van der Waals surface area (Å²) >= 11 is 0. The van der Waals surface area contributed by atoms with E-state index >= 15 is 0 Å². The summed E-state index contributed by atoms with van der Waals surface area (Å²) in [5, 5.41) is 0. The summed E-state index contributed by atoms with van der Waals surface area (Å²) in [4.78, 5) is 0. The smallest absolute Gasteiger partial charge is 0.204 e. The molecule has 0 bridgehead atoms. The lowest BCUT2D eigenvalue weighted by molar-refractivity contribution is 0.123. The van der Waals surface area contributed by atoms with Gasteiger partial charge >= 0.3 is 0 Å². The molecule has 0 spiro atoms. The van der Waals surface area contributed by atoms with Gasteiger partial charge in [0, 0.05) is 44.4 Å². The number of benzene rings is 2. The molecule has 2 aromatic rings. The Hall–Kier alpha value is -2.54. The molecule has 0 radical (unpaired) electrons. The molecule has 3 rings (SSSR count). The van der Waals surface area contributed by atoms with Crippen LogP contribution in [0.15, 0.2) is 30.8 Å². The van der Waals surface area contributed by atoms with Gasteiger partial charge in [0.25, 0.3) is 0 Å². The third-order valence-electron chi connectivity index (χ3n) is 4.96. The zero-order valence-electron chi connectivity index (χ0n) is 18.0. The predicted octanol–water partition coefficient (Wildman–Crippen LogP) is 3.98. The van der Waals surface area contributed by atoms with Crippen LogP contribution in [0.4, 0.5) is 0 Å². The number of ether oxygens (including phenoxy) is 6. The Labute approximate surface area is 178 Å². The zero-order chi connectivity index (χ0) is 21.3. The molecule has 6 heteroatoms. The highest BCUT2D eigenvalue weighted by molar-refractivity contribution is 5.91. The molecule has 6 nitrogen and oxygen atoms in total. The molecule has 0 amide bonds. The van der Waals surface area contributed by atoms with Gasteiger partial charge in [-0.15, -0.1) is 0 Å². The number of hydrogen-bond acceptors (Lipinski definition) is 6. The van der Waals surface area contributed by atoms with Crippen molar-refractivity contribution in [3.05, 3.63) is 47.5 Å². The summed E-state index contributed by atoms with van der Waals surface area (Å²) in [6, 6.07) is 8.35. The molecule has 0 saturated heterocycles. The van der Waals surface area contributed by atoms with Gasteiger partial charge in [0.15, 0.2) is 11.5 Å². The Morgan fingerprint density at radius 2 is 1.33 bits per heavy atom.